The minimum atomic E-state index is -0.989. The quantitative estimate of drug-likeness (QED) is 0.564. The minimum Gasteiger partial charge on any atom is -0.453 e. The molecule has 9 heteroatoms. The fraction of sp³-hybridized carbons (Fsp3) is 0.444. The normalized spacial score (nSPS) is 15.1. The van der Waals surface area contributed by atoms with E-state index in [1.165, 1.54) is 18.9 Å². The van der Waals surface area contributed by atoms with E-state index in [2.05, 4.69) is 5.32 Å². The summed E-state index contributed by atoms with van der Waals surface area (Å²) < 4.78 is 5.11. The van der Waals surface area contributed by atoms with Crippen molar-refractivity contribution in [3.8, 4) is 0 Å². The highest BCUT2D eigenvalue weighted by Crippen LogP contribution is 2.20. The molecule has 0 radical (unpaired) electrons. The van der Waals surface area contributed by atoms with E-state index in [9.17, 15) is 19.2 Å². The average molecular weight is 396 g/mol. The maximum Gasteiger partial charge on any atom is 0.326 e. The molecule has 1 fully saturated rings. The van der Waals surface area contributed by atoms with Gasteiger partial charge in [0.2, 0.25) is 5.91 Å². The summed E-state index contributed by atoms with van der Waals surface area (Å²) in [7, 11) is 1.54. The third-order valence-electron chi connectivity index (χ3n) is 4.13. The Morgan fingerprint density at radius 3 is 2.67 bits per heavy atom. The maximum atomic E-state index is 12.2. The zero-order valence-electron chi connectivity index (χ0n) is 15.5. The molecule has 0 aliphatic carbocycles. The third-order valence-corrected chi connectivity index (χ3v) is 4.36. The summed E-state index contributed by atoms with van der Waals surface area (Å²) in [5, 5.41) is 3.15. The number of ether oxygens (including phenoxy) is 1. The molecule has 0 saturated carbocycles. The molecule has 0 aromatic heterocycles. The molecule has 0 bridgehead atoms. The number of anilines is 1. The molecule has 1 aliphatic heterocycles. The second kappa shape index (κ2) is 8.85. The first kappa shape index (κ1) is 20.7. The lowest BCUT2D eigenvalue weighted by molar-refractivity contribution is -0.153. The van der Waals surface area contributed by atoms with E-state index in [1.54, 1.807) is 18.2 Å². The first-order valence-corrected chi connectivity index (χ1v) is 8.88. The highest BCUT2D eigenvalue weighted by molar-refractivity contribution is 6.31. The van der Waals surface area contributed by atoms with Crippen LogP contribution in [-0.2, 0) is 19.1 Å². The van der Waals surface area contributed by atoms with Gasteiger partial charge in [-0.05, 0) is 38.0 Å². The number of nitrogens with one attached hydrogen (secondary N) is 1. The van der Waals surface area contributed by atoms with E-state index in [0.29, 0.717) is 10.7 Å². The van der Waals surface area contributed by atoms with Gasteiger partial charge in [0.15, 0.2) is 6.10 Å². The molecule has 8 nitrogen and oxygen atoms in total. The van der Waals surface area contributed by atoms with E-state index in [-0.39, 0.29) is 37.9 Å². The Bertz CT molecular complexity index is 767. The van der Waals surface area contributed by atoms with Crippen LogP contribution in [0.5, 0.6) is 0 Å². The summed E-state index contributed by atoms with van der Waals surface area (Å²) in [6.45, 7) is 3.47. The number of hydrogen-bond donors (Lipinski definition) is 1. The van der Waals surface area contributed by atoms with Crippen LogP contribution in [0, 0.1) is 6.92 Å². The molecule has 1 aromatic carbocycles. The Morgan fingerprint density at radius 2 is 2.04 bits per heavy atom. The van der Waals surface area contributed by atoms with Crippen molar-refractivity contribution in [2.45, 2.75) is 32.8 Å². The fourth-order valence-electron chi connectivity index (χ4n) is 2.54. The highest BCUT2D eigenvalue weighted by Gasteiger charge is 2.33. The summed E-state index contributed by atoms with van der Waals surface area (Å²) in [5.74, 6) is -1.34. The Morgan fingerprint density at radius 1 is 1.33 bits per heavy atom. The summed E-state index contributed by atoms with van der Waals surface area (Å²) in [6, 6.07) is 4.72. The van der Waals surface area contributed by atoms with Crippen LogP contribution in [0.15, 0.2) is 18.2 Å². The monoisotopic (exact) mass is 395 g/mol. The average Bonchev–Trinajstić information content (AvgIpc) is 2.84. The molecule has 0 unspecified atom stereocenters. The van der Waals surface area contributed by atoms with Crippen LogP contribution in [0.1, 0.15) is 25.3 Å². The van der Waals surface area contributed by atoms with E-state index in [1.807, 2.05) is 6.92 Å². The van der Waals surface area contributed by atoms with E-state index in [4.69, 9.17) is 16.3 Å². The van der Waals surface area contributed by atoms with Crippen LogP contribution in [0.25, 0.3) is 0 Å². The van der Waals surface area contributed by atoms with Crippen LogP contribution < -0.4 is 5.32 Å². The molecule has 1 aliphatic rings. The number of carbonyl (C=O) groups excluding carboxylic acids is 4. The van der Waals surface area contributed by atoms with Crippen molar-refractivity contribution in [2.75, 3.05) is 25.5 Å². The maximum absolute atomic E-state index is 12.2. The third kappa shape index (κ3) is 5.43. The number of nitrogens with zero attached hydrogens (tertiary/aromatic N) is 2. The number of rotatable bonds is 7. The fourth-order valence-corrected chi connectivity index (χ4v) is 2.72. The molecule has 1 heterocycles. The van der Waals surface area contributed by atoms with Crippen LogP contribution in [0.2, 0.25) is 5.02 Å². The molecule has 27 heavy (non-hydrogen) atoms. The molecule has 1 aromatic rings. The van der Waals surface area contributed by atoms with E-state index in [0.717, 1.165) is 10.5 Å². The van der Waals surface area contributed by atoms with Gasteiger partial charge in [-0.15, -0.1) is 0 Å². The van der Waals surface area contributed by atoms with Crippen molar-refractivity contribution in [3.63, 3.8) is 0 Å². The molecule has 0 spiro atoms. The Hall–Kier alpha value is -2.61. The van der Waals surface area contributed by atoms with Gasteiger partial charge in [0.1, 0.15) is 6.54 Å². The summed E-state index contributed by atoms with van der Waals surface area (Å²) in [4.78, 5) is 49.9. The lowest BCUT2D eigenvalue weighted by atomic mass is 10.2. The molecular formula is C18H22ClN3O5. The number of likely N-dealkylation sites (N-methyl/N-ethyl adjacent to an activating group) is 1. The number of aryl methyl sites for hydroxylation is 1. The van der Waals surface area contributed by atoms with Gasteiger partial charge < -0.3 is 15.0 Å². The smallest absolute Gasteiger partial charge is 0.326 e. The van der Waals surface area contributed by atoms with Gasteiger partial charge in [0, 0.05) is 30.7 Å². The largest absolute Gasteiger partial charge is 0.453 e. The van der Waals surface area contributed by atoms with Crippen molar-refractivity contribution in [1.82, 2.24) is 9.80 Å². The predicted molar refractivity (Wildman–Crippen MR) is 99.3 cm³/mol. The highest BCUT2D eigenvalue weighted by atomic mass is 35.5. The number of benzene rings is 1. The van der Waals surface area contributed by atoms with Gasteiger partial charge in [0.05, 0.1) is 0 Å². The van der Waals surface area contributed by atoms with Crippen LogP contribution >= 0.6 is 11.6 Å². The number of esters is 1. The van der Waals surface area contributed by atoms with Crippen molar-refractivity contribution < 1.29 is 23.9 Å². The standard InChI is InChI=1S/C18H22ClN3O5/c1-11-6-7-13(19)9-14(11)20-17(25)12(2)27-16(24)5-4-8-22-15(23)10-21(3)18(22)26/h6-7,9,12H,4-5,8,10H2,1-3H3,(H,20,25)/t12-/m1/s1. The predicted octanol–water partition coefficient (Wildman–Crippen LogP) is 2.19. The molecule has 146 valence electrons. The van der Waals surface area contributed by atoms with Crippen molar-refractivity contribution in [2.24, 2.45) is 0 Å². The number of amides is 4. The van der Waals surface area contributed by atoms with Crippen LogP contribution in [-0.4, -0.2) is 59.9 Å². The Balaban J connectivity index is 1.78. The molecule has 1 saturated heterocycles. The summed E-state index contributed by atoms with van der Waals surface area (Å²) in [5.41, 5.74) is 1.38. The van der Waals surface area contributed by atoms with Crippen molar-refractivity contribution in [1.29, 1.82) is 0 Å². The minimum absolute atomic E-state index is 0.00537. The molecule has 1 atom stereocenters. The second-order valence-electron chi connectivity index (χ2n) is 6.37. The second-order valence-corrected chi connectivity index (χ2v) is 6.80. The molecule has 2 rings (SSSR count). The first-order chi connectivity index (χ1) is 12.7. The Kier molecular flexibility index (Phi) is 6.79. The van der Waals surface area contributed by atoms with Crippen LogP contribution in [0.3, 0.4) is 0 Å². The molecular weight excluding hydrogens is 374 g/mol. The van der Waals surface area contributed by atoms with Gasteiger partial charge >= 0.3 is 12.0 Å². The number of hydrogen-bond acceptors (Lipinski definition) is 5. The van der Waals surface area contributed by atoms with Crippen LogP contribution in [0.4, 0.5) is 10.5 Å². The van der Waals surface area contributed by atoms with Gasteiger partial charge in [-0.25, -0.2) is 4.79 Å². The van der Waals surface area contributed by atoms with E-state index < -0.39 is 18.0 Å². The first-order valence-electron chi connectivity index (χ1n) is 8.51. The SMILES string of the molecule is Cc1ccc(Cl)cc1NC(=O)[C@@H](C)OC(=O)CCCN1C(=O)CN(C)C1=O. The number of urea groups is 1. The lowest BCUT2D eigenvalue weighted by Crippen LogP contribution is -2.33. The number of carbonyl (C=O) groups is 4. The van der Waals surface area contributed by atoms with Gasteiger partial charge in [-0.1, -0.05) is 17.7 Å². The zero-order valence-corrected chi connectivity index (χ0v) is 16.2. The summed E-state index contributed by atoms with van der Waals surface area (Å²) in [6.07, 6.45) is -0.724. The van der Waals surface area contributed by atoms with Crippen molar-refractivity contribution in [3.05, 3.63) is 28.8 Å². The number of imide groups is 1. The topological polar surface area (TPSA) is 96.0 Å². The number of halogens is 1. The Labute approximate surface area is 162 Å². The molecule has 1 N–H and O–H groups in total. The van der Waals surface area contributed by atoms with Gasteiger partial charge in [0.25, 0.3) is 5.91 Å². The van der Waals surface area contributed by atoms with E-state index >= 15 is 0 Å². The molecule has 4 amide bonds. The zero-order chi connectivity index (χ0) is 20.1. The van der Waals surface area contributed by atoms with Gasteiger partial charge in [-0.2, -0.15) is 0 Å². The lowest BCUT2D eigenvalue weighted by Gasteiger charge is -2.16. The van der Waals surface area contributed by atoms with Gasteiger partial charge in [-0.3, -0.25) is 19.3 Å². The van der Waals surface area contributed by atoms with Crippen molar-refractivity contribution >= 4 is 41.1 Å². The summed E-state index contributed by atoms with van der Waals surface area (Å²) >= 11 is 5.91.